The van der Waals surface area contributed by atoms with Crippen LogP contribution in [0.25, 0.3) is 0 Å². The number of rotatable bonds is 5. The molecule has 0 aliphatic rings. The summed E-state index contributed by atoms with van der Waals surface area (Å²) in [5, 5.41) is 8.86. The fraction of sp³-hybridized carbons (Fsp3) is 0.0526. The highest BCUT2D eigenvalue weighted by Gasteiger charge is 2.11. The van der Waals surface area contributed by atoms with E-state index < -0.39 is 5.91 Å². The van der Waals surface area contributed by atoms with Gasteiger partial charge in [-0.3, -0.25) is 9.59 Å². The highest BCUT2D eigenvalue weighted by molar-refractivity contribution is 6.33. The quantitative estimate of drug-likeness (QED) is 0.618. The maximum Gasteiger partial charge on any atom is 0.274 e. The fourth-order valence-electron chi connectivity index (χ4n) is 2.30. The van der Waals surface area contributed by atoms with Gasteiger partial charge in [0, 0.05) is 24.5 Å². The molecular formula is C19H16ClN5O2. The van der Waals surface area contributed by atoms with Crippen LogP contribution in [-0.2, 0) is 4.79 Å². The molecule has 3 aromatic rings. The molecule has 7 nitrogen and oxygen atoms in total. The summed E-state index contributed by atoms with van der Waals surface area (Å²) in [6.45, 7) is 1.43. The summed E-state index contributed by atoms with van der Waals surface area (Å²) in [7, 11) is 0. The molecular weight excluding hydrogens is 366 g/mol. The lowest BCUT2D eigenvalue weighted by atomic mass is 10.2. The van der Waals surface area contributed by atoms with E-state index in [1.165, 1.54) is 19.2 Å². The Bertz CT molecular complexity index is 993. The second-order valence-electron chi connectivity index (χ2n) is 5.59. The number of hydrogen-bond donors (Lipinski definition) is 3. The van der Waals surface area contributed by atoms with E-state index in [4.69, 9.17) is 11.6 Å². The summed E-state index contributed by atoms with van der Waals surface area (Å²) < 4.78 is 0. The molecule has 1 aromatic heterocycles. The Kier molecular flexibility index (Phi) is 5.63. The number of benzene rings is 2. The third kappa shape index (κ3) is 5.02. The smallest absolute Gasteiger partial charge is 0.274 e. The highest BCUT2D eigenvalue weighted by atomic mass is 35.5. The van der Waals surface area contributed by atoms with Crippen LogP contribution in [0.4, 0.5) is 23.0 Å². The van der Waals surface area contributed by atoms with Gasteiger partial charge >= 0.3 is 0 Å². The van der Waals surface area contributed by atoms with Crippen LogP contribution in [0.2, 0.25) is 5.02 Å². The van der Waals surface area contributed by atoms with Gasteiger partial charge in [-0.05, 0) is 36.4 Å². The second kappa shape index (κ2) is 8.29. The number of aromatic nitrogens is 2. The largest absolute Gasteiger partial charge is 0.326 e. The number of para-hydroxylation sites is 1. The van der Waals surface area contributed by atoms with Gasteiger partial charge in [-0.2, -0.15) is 0 Å². The number of anilines is 4. The van der Waals surface area contributed by atoms with E-state index in [-0.39, 0.29) is 17.5 Å². The molecule has 8 heteroatoms. The van der Waals surface area contributed by atoms with Gasteiger partial charge in [-0.1, -0.05) is 29.8 Å². The second-order valence-corrected chi connectivity index (χ2v) is 5.99. The Morgan fingerprint density at radius 3 is 2.52 bits per heavy atom. The molecule has 136 valence electrons. The van der Waals surface area contributed by atoms with Crippen molar-refractivity contribution in [3.05, 3.63) is 71.5 Å². The zero-order valence-electron chi connectivity index (χ0n) is 14.4. The van der Waals surface area contributed by atoms with Crippen LogP contribution in [-0.4, -0.2) is 21.8 Å². The van der Waals surface area contributed by atoms with Crippen LogP contribution >= 0.6 is 11.6 Å². The maximum absolute atomic E-state index is 12.4. The predicted molar refractivity (Wildman–Crippen MR) is 105 cm³/mol. The van der Waals surface area contributed by atoms with E-state index in [1.54, 1.807) is 48.5 Å². The topological polar surface area (TPSA) is 96.0 Å². The summed E-state index contributed by atoms with van der Waals surface area (Å²) in [4.78, 5) is 31.9. The molecule has 1 heterocycles. The van der Waals surface area contributed by atoms with Gasteiger partial charge in [0.05, 0.1) is 10.7 Å². The van der Waals surface area contributed by atoms with Crippen LogP contribution in [0.1, 0.15) is 17.4 Å². The van der Waals surface area contributed by atoms with Crippen molar-refractivity contribution in [1.82, 2.24) is 9.97 Å². The standard InChI is InChI=1S/C19H16ClN5O2/c1-12(26)22-13-5-4-6-14(11-13)23-19-21-10-9-17(25-19)18(27)24-16-8-3-2-7-15(16)20/h2-11H,1H3,(H,22,26)(H,24,27)(H,21,23,25). The Labute approximate surface area is 160 Å². The third-order valence-corrected chi connectivity index (χ3v) is 3.78. The fourth-order valence-corrected chi connectivity index (χ4v) is 2.48. The molecule has 0 aliphatic carbocycles. The molecule has 0 unspecified atom stereocenters. The van der Waals surface area contributed by atoms with Crippen molar-refractivity contribution in [1.29, 1.82) is 0 Å². The van der Waals surface area contributed by atoms with Gasteiger partial charge in [0.25, 0.3) is 5.91 Å². The minimum Gasteiger partial charge on any atom is -0.326 e. The number of nitrogens with one attached hydrogen (secondary N) is 3. The molecule has 2 amide bonds. The maximum atomic E-state index is 12.4. The lowest BCUT2D eigenvalue weighted by molar-refractivity contribution is -0.114. The Hall–Kier alpha value is -3.45. The van der Waals surface area contributed by atoms with E-state index in [1.807, 2.05) is 0 Å². The molecule has 0 bridgehead atoms. The average molecular weight is 382 g/mol. The summed E-state index contributed by atoms with van der Waals surface area (Å²) in [5.41, 5.74) is 2.00. The van der Waals surface area contributed by atoms with Crippen LogP contribution in [0.5, 0.6) is 0 Å². The Morgan fingerprint density at radius 2 is 1.74 bits per heavy atom. The zero-order chi connectivity index (χ0) is 19.2. The molecule has 0 radical (unpaired) electrons. The van der Waals surface area contributed by atoms with Crippen molar-refractivity contribution in [3.8, 4) is 0 Å². The minimum atomic E-state index is -0.402. The molecule has 3 rings (SSSR count). The van der Waals surface area contributed by atoms with Crippen LogP contribution in [0.15, 0.2) is 60.8 Å². The Balaban J connectivity index is 1.75. The molecule has 0 aliphatic heterocycles. The van der Waals surface area contributed by atoms with E-state index in [9.17, 15) is 9.59 Å². The van der Waals surface area contributed by atoms with Gasteiger partial charge in [0.15, 0.2) is 0 Å². The molecule has 0 atom stereocenters. The number of carbonyl (C=O) groups is 2. The lowest BCUT2D eigenvalue weighted by Gasteiger charge is -2.09. The molecule has 2 aromatic carbocycles. The average Bonchev–Trinajstić information content (AvgIpc) is 2.63. The molecule has 0 fully saturated rings. The summed E-state index contributed by atoms with van der Waals surface area (Å²) in [6, 6.07) is 15.5. The normalized spacial score (nSPS) is 10.1. The summed E-state index contributed by atoms with van der Waals surface area (Å²) in [5.74, 6) is -0.316. The minimum absolute atomic E-state index is 0.165. The van der Waals surface area contributed by atoms with Gasteiger partial charge in [-0.15, -0.1) is 0 Å². The van der Waals surface area contributed by atoms with E-state index in [0.717, 1.165) is 0 Å². The van der Waals surface area contributed by atoms with Crippen LogP contribution in [0, 0.1) is 0 Å². The number of amides is 2. The van der Waals surface area contributed by atoms with Gasteiger partial charge in [-0.25, -0.2) is 9.97 Å². The molecule has 3 N–H and O–H groups in total. The number of hydrogen-bond acceptors (Lipinski definition) is 5. The first-order chi connectivity index (χ1) is 13.0. The SMILES string of the molecule is CC(=O)Nc1cccc(Nc2nccc(C(=O)Nc3ccccc3Cl)n2)c1. The van der Waals surface area contributed by atoms with Crippen molar-refractivity contribution in [3.63, 3.8) is 0 Å². The van der Waals surface area contributed by atoms with Gasteiger partial charge in [0.1, 0.15) is 5.69 Å². The van der Waals surface area contributed by atoms with Gasteiger partial charge in [0.2, 0.25) is 11.9 Å². The first kappa shape index (κ1) is 18.3. The first-order valence-electron chi connectivity index (χ1n) is 8.05. The molecule has 0 saturated heterocycles. The highest BCUT2D eigenvalue weighted by Crippen LogP contribution is 2.21. The first-order valence-corrected chi connectivity index (χ1v) is 8.42. The molecule has 27 heavy (non-hydrogen) atoms. The monoisotopic (exact) mass is 381 g/mol. The van der Waals surface area contributed by atoms with Crippen LogP contribution in [0.3, 0.4) is 0 Å². The molecule has 0 spiro atoms. The van der Waals surface area contributed by atoms with E-state index in [2.05, 4.69) is 25.9 Å². The van der Waals surface area contributed by atoms with Crippen molar-refractivity contribution in [2.45, 2.75) is 6.92 Å². The van der Waals surface area contributed by atoms with Crippen molar-refractivity contribution in [2.75, 3.05) is 16.0 Å². The summed E-state index contributed by atoms with van der Waals surface area (Å²) in [6.07, 6.45) is 1.48. The van der Waals surface area contributed by atoms with Crippen molar-refractivity contribution in [2.24, 2.45) is 0 Å². The predicted octanol–water partition coefficient (Wildman–Crippen LogP) is 4.08. The Morgan fingerprint density at radius 1 is 0.963 bits per heavy atom. The summed E-state index contributed by atoms with van der Waals surface area (Å²) >= 11 is 6.06. The van der Waals surface area contributed by atoms with E-state index in [0.29, 0.717) is 22.1 Å². The number of carbonyl (C=O) groups excluding carboxylic acids is 2. The van der Waals surface area contributed by atoms with Crippen molar-refractivity contribution < 1.29 is 9.59 Å². The number of halogens is 1. The van der Waals surface area contributed by atoms with Crippen molar-refractivity contribution >= 4 is 46.4 Å². The van der Waals surface area contributed by atoms with E-state index >= 15 is 0 Å². The number of nitrogens with zero attached hydrogens (tertiary/aromatic N) is 2. The van der Waals surface area contributed by atoms with Gasteiger partial charge < -0.3 is 16.0 Å². The zero-order valence-corrected chi connectivity index (χ0v) is 15.1. The molecule has 0 saturated carbocycles. The lowest BCUT2D eigenvalue weighted by Crippen LogP contribution is -2.15. The third-order valence-electron chi connectivity index (χ3n) is 3.45. The van der Waals surface area contributed by atoms with Crippen LogP contribution < -0.4 is 16.0 Å².